The highest BCUT2D eigenvalue weighted by Crippen LogP contribution is 2.24. The molecule has 0 aliphatic carbocycles. The van der Waals surface area contributed by atoms with Crippen molar-refractivity contribution in [1.29, 1.82) is 0 Å². The third-order valence-corrected chi connectivity index (χ3v) is 2.68. The highest BCUT2D eigenvalue weighted by Gasteiger charge is 2.19. The standard InChI is InChI=1S/C12H7Cl2N3O3/c1-2-3-20-10-5-9(12(18)19)17(16-10)11-8(14)4-7(13)6-15-11/h1,4-6H,3H2,(H,18,19). The fourth-order valence-corrected chi connectivity index (χ4v) is 1.88. The molecule has 2 aromatic heterocycles. The van der Waals surface area contributed by atoms with E-state index in [0.717, 1.165) is 4.68 Å². The highest BCUT2D eigenvalue weighted by atomic mass is 35.5. The Balaban J connectivity index is 2.51. The Hall–Kier alpha value is -2.23. The van der Waals surface area contributed by atoms with Gasteiger partial charge in [0.25, 0.3) is 0 Å². The molecule has 2 rings (SSSR count). The van der Waals surface area contributed by atoms with Crippen LogP contribution < -0.4 is 4.74 Å². The molecule has 102 valence electrons. The molecule has 0 aliphatic heterocycles. The molecule has 0 bridgehead atoms. The molecule has 1 N–H and O–H groups in total. The molecular weight excluding hydrogens is 305 g/mol. The van der Waals surface area contributed by atoms with Crippen LogP contribution in [0, 0.1) is 12.3 Å². The van der Waals surface area contributed by atoms with Crippen molar-refractivity contribution in [2.24, 2.45) is 0 Å². The van der Waals surface area contributed by atoms with Crippen LogP contribution in [0.5, 0.6) is 5.88 Å². The van der Waals surface area contributed by atoms with Crippen molar-refractivity contribution in [3.63, 3.8) is 0 Å². The van der Waals surface area contributed by atoms with Gasteiger partial charge < -0.3 is 9.84 Å². The Morgan fingerprint density at radius 1 is 1.50 bits per heavy atom. The molecule has 0 fully saturated rings. The number of aromatic nitrogens is 3. The lowest BCUT2D eigenvalue weighted by Crippen LogP contribution is -2.09. The van der Waals surface area contributed by atoms with Crippen molar-refractivity contribution in [3.8, 4) is 24.0 Å². The lowest BCUT2D eigenvalue weighted by atomic mass is 10.4. The number of terminal acetylenes is 1. The second-order valence-electron chi connectivity index (χ2n) is 3.54. The van der Waals surface area contributed by atoms with Crippen LogP contribution in [-0.2, 0) is 0 Å². The summed E-state index contributed by atoms with van der Waals surface area (Å²) in [7, 11) is 0. The summed E-state index contributed by atoms with van der Waals surface area (Å²) in [6.07, 6.45) is 6.39. The van der Waals surface area contributed by atoms with Crippen molar-refractivity contribution in [3.05, 3.63) is 34.1 Å². The van der Waals surface area contributed by atoms with Gasteiger partial charge in [0.05, 0.1) is 10.0 Å². The summed E-state index contributed by atoms with van der Waals surface area (Å²) in [6.45, 7) is -0.0299. The van der Waals surface area contributed by atoms with Gasteiger partial charge in [0, 0.05) is 12.3 Å². The number of nitrogens with zero attached hydrogens (tertiary/aromatic N) is 3. The molecule has 2 aromatic rings. The van der Waals surface area contributed by atoms with Crippen LogP contribution in [0.1, 0.15) is 10.5 Å². The van der Waals surface area contributed by atoms with Gasteiger partial charge in [-0.3, -0.25) is 0 Å². The van der Waals surface area contributed by atoms with Crippen LogP contribution in [0.2, 0.25) is 10.0 Å². The summed E-state index contributed by atoms with van der Waals surface area (Å²) < 4.78 is 6.13. The molecule has 0 aromatic carbocycles. The maximum absolute atomic E-state index is 11.2. The van der Waals surface area contributed by atoms with E-state index >= 15 is 0 Å². The first-order chi connectivity index (χ1) is 9.52. The second-order valence-corrected chi connectivity index (χ2v) is 4.38. The van der Waals surface area contributed by atoms with E-state index in [1.165, 1.54) is 18.3 Å². The summed E-state index contributed by atoms with van der Waals surface area (Å²) >= 11 is 11.7. The van der Waals surface area contributed by atoms with E-state index in [-0.39, 0.29) is 29.0 Å². The normalized spacial score (nSPS) is 10.1. The maximum Gasteiger partial charge on any atom is 0.354 e. The van der Waals surface area contributed by atoms with Gasteiger partial charge in [0.2, 0.25) is 5.88 Å². The van der Waals surface area contributed by atoms with Gasteiger partial charge in [0.1, 0.15) is 0 Å². The van der Waals surface area contributed by atoms with Gasteiger partial charge in [0.15, 0.2) is 18.1 Å². The molecule has 0 amide bonds. The molecular formula is C12H7Cl2N3O3. The van der Waals surface area contributed by atoms with Gasteiger partial charge in [-0.15, -0.1) is 11.5 Å². The predicted molar refractivity (Wildman–Crippen MR) is 72.7 cm³/mol. The van der Waals surface area contributed by atoms with Crippen LogP contribution in [0.25, 0.3) is 5.82 Å². The van der Waals surface area contributed by atoms with Gasteiger partial charge in [-0.2, -0.15) is 0 Å². The van der Waals surface area contributed by atoms with E-state index in [1.807, 2.05) is 0 Å². The fourth-order valence-electron chi connectivity index (χ4n) is 1.42. The van der Waals surface area contributed by atoms with Crippen LogP contribution >= 0.6 is 23.2 Å². The lowest BCUT2D eigenvalue weighted by Gasteiger charge is -2.05. The Morgan fingerprint density at radius 2 is 2.25 bits per heavy atom. The quantitative estimate of drug-likeness (QED) is 0.877. The number of carbonyl (C=O) groups is 1. The molecule has 0 saturated heterocycles. The lowest BCUT2D eigenvalue weighted by molar-refractivity contribution is 0.0686. The number of aromatic carboxylic acids is 1. The van der Waals surface area contributed by atoms with Crippen molar-refractivity contribution in [2.75, 3.05) is 6.61 Å². The molecule has 6 nitrogen and oxygen atoms in total. The molecule has 0 spiro atoms. The van der Waals surface area contributed by atoms with Crippen LogP contribution in [0.15, 0.2) is 18.3 Å². The SMILES string of the molecule is C#CCOc1cc(C(=O)O)n(-c2ncc(Cl)cc2Cl)n1. The van der Waals surface area contributed by atoms with E-state index in [1.54, 1.807) is 0 Å². The zero-order valence-corrected chi connectivity index (χ0v) is 11.4. The van der Waals surface area contributed by atoms with Crippen molar-refractivity contribution >= 4 is 29.2 Å². The summed E-state index contributed by atoms with van der Waals surface area (Å²) in [6, 6.07) is 2.66. The van der Waals surface area contributed by atoms with Crippen molar-refractivity contribution in [2.45, 2.75) is 0 Å². The Kier molecular flexibility index (Phi) is 4.13. The summed E-state index contributed by atoms with van der Waals surface area (Å²) in [4.78, 5) is 15.2. The Morgan fingerprint density at radius 3 is 2.85 bits per heavy atom. The van der Waals surface area contributed by atoms with Crippen LogP contribution in [0.4, 0.5) is 0 Å². The van der Waals surface area contributed by atoms with Gasteiger partial charge in [-0.05, 0) is 6.07 Å². The minimum Gasteiger partial charge on any atom is -0.477 e. The average molecular weight is 312 g/mol. The summed E-state index contributed by atoms with van der Waals surface area (Å²) in [5.74, 6) is 1.24. The molecule has 0 radical (unpaired) electrons. The maximum atomic E-state index is 11.2. The van der Waals surface area contributed by atoms with Crippen LogP contribution in [-0.4, -0.2) is 32.4 Å². The third-order valence-electron chi connectivity index (χ3n) is 2.20. The third kappa shape index (κ3) is 2.85. The monoisotopic (exact) mass is 311 g/mol. The highest BCUT2D eigenvalue weighted by molar-refractivity contribution is 6.35. The minimum atomic E-state index is -1.21. The first-order valence-electron chi connectivity index (χ1n) is 5.24. The summed E-state index contributed by atoms with van der Waals surface area (Å²) in [5.41, 5.74) is -0.159. The van der Waals surface area contributed by atoms with Gasteiger partial charge >= 0.3 is 5.97 Å². The first kappa shape index (κ1) is 14.2. The number of pyridine rings is 1. The largest absolute Gasteiger partial charge is 0.477 e. The number of hydrogen-bond donors (Lipinski definition) is 1. The fraction of sp³-hybridized carbons (Fsp3) is 0.0833. The number of carboxylic acids is 1. The molecule has 8 heteroatoms. The number of carboxylic acid groups (broad SMARTS) is 1. The van der Waals surface area contributed by atoms with E-state index < -0.39 is 5.97 Å². The van der Waals surface area contributed by atoms with E-state index in [0.29, 0.717) is 5.02 Å². The molecule has 0 atom stereocenters. The Labute approximate surface area is 123 Å². The first-order valence-corrected chi connectivity index (χ1v) is 5.99. The zero-order chi connectivity index (χ0) is 14.7. The van der Waals surface area contributed by atoms with Gasteiger partial charge in [-0.25, -0.2) is 14.5 Å². The second kappa shape index (κ2) is 5.82. The molecule has 0 saturated carbocycles. The summed E-state index contributed by atoms with van der Waals surface area (Å²) in [5, 5.41) is 13.6. The smallest absolute Gasteiger partial charge is 0.354 e. The van der Waals surface area contributed by atoms with E-state index in [2.05, 4.69) is 16.0 Å². The molecule has 0 aliphatic rings. The van der Waals surface area contributed by atoms with E-state index in [4.69, 9.17) is 39.5 Å². The topological polar surface area (TPSA) is 77.2 Å². The number of ether oxygens (including phenoxy) is 1. The Bertz CT molecular complexity index is 706. The molecule has 2 heterocycles. The van der Waals surface area contributed by atoms with Gasteiger partial charge in [-0.1, -0.05) is 29.1 Å². The number of hydrogen-bond acceptors (Lipinski definition) is 4. The number of halogens is 2. The average Bonchev–Trinajstić information content (AvgIpc) is 2.80. The van der Waals surface area contributed by atoms with Crippen molar-refractivity contribution < 1.29 is 14.6 Å². The van der Waals surface area contributed by atoms with E-state index in [9.17, 15) is 4.79 Å². The van der Waals surface area contributed by atoms with Crippen molar-refractivity contribution in [1.82, 2.24) is 14.8 Å². The molecule has 20 heavy (non-hydrogen) atoms. The molecule has 0 unspecified atom stereocenters. The number of rotatable bonds is 4. The zero-order valence-electron chi connectivity index (χ0n) is 9.88. The van der Waals surface area contributed by atoms with Crippen LogP contribution in [0.3, 0.4) is 0 Å². The predicted octanol–water partition coefficient (Wildman–Crippen LogP) is 2.28. The minimum absolute atomic E-state index is 0.0299.